The molecule has 1 aromatic carbocycles. The second kappa shape index (κ2) is 5.46. The molecule has 0 spiro atoms. The predicted molar refractivity (Wildman–Crippen MR) is 61.1 cm³/mol. The predicted octanol–water partition coefficient (Wildman–Crippen LogP) is 3.03. The van der Waals surface area contributed by atoms with Gasteiger partial charge < -0.3 is 5.32 Å². The number of benzene rings is 1. The summed E-state index contributed by atoms with van der Waals surface area (Å²) < 4.78 is 25.8. The number of hydrogen-bond donors (Lipinski definition) is 1. The number of rotatable bonds is 3. The van der Waals surface area contributed by atoms with Gasteiger partial charge in [0.1, 0.15) is 11.6 Å². The topological polar surface area (TPSA) is 29.1 Å². The van der Waals surface area contributed by atoms with Crippen molar-refractivity contribution in [2.24, 2.45) is 0 Å². The van der Waals surface area contributed by atoms with E-state index in [9.17, 15) is 13.6 Å². The van der Waals surface area contributed by atoms with Crippen LogP contribution in [0.3, 0.4) is 0 Å². The zero-order valence-corrected chi connectivity index (χ0v) is 10.2. The average Bonchev–Trinajstić information content (AvgIpc) is 2.14. The highest BCUT2D eigenvalue weighted by Gasteiger charge is 2.09. The van der Waals surface area contributed by atoms with Gasteiger partial charge in [-0.25, -0.2) is 8.78 Å². The molecule has 0 atom stereocenters. The van der Waals surface area contributed by atoms with Crippen LogP contribution in [0.1, 0.15) is 0 Å². The van der Waals surface area contributed by atoms with Gasteiger partial charge in [0.25, 0.3) is 0 Å². The first-order valence-corrected chi connectivity index (χ1v) is 6.16. The molecule has 2 nitrogen and oxygen atoms in total. The number of carbonyl (C=O) groups excluding carboxylic acids is 1. The van der Waals surface area contributed by atoms with Gasteiger partial charge in [0, 0.05) is 5.69 Å². The lowest BCUT2D eigenvalue weighted by atomic mass is 10.3. The lowest BCUT2D eigenvalue weighted by Crippen LogP contribution is -2.14. The molecule has 0 bridgehead atoms. The molecule has 82 valence electrons. The van der Waals surface area contributed by atoms with Crippen molar-refractivity contribution in [2.45, 2.75) is 0 Å². The van der Waals surface area contributed by atoms with E-state index in [1.54, 1.807) is 6.26 Å². The van der Waals surface area contributed by atoms with E-state index in [-0.39, 0.29) is 21.8 Å². The summed E-state index contributed by atoms with van der Waals surface area (Å²) in [5, 5.41) is 2.39. The Labute approximate surface area is 98.6 Å². The van der Waals surface area contributed by atoms with Crippen LogP contribution in [0.15, 0.2) is 16.6 Å². The molecule has 15 heavy (non-hydrogen) atoms. The van der Waals surface area contributed by atoms with E-state index in [0.717, 1.165) is 12.1 Å². The third-order valence-electron chi connectivity index (χ3n) is 1.54. The Morgan fingerprint density at radius 3 is 2.47 bits per heavy atom. The fraction of sp³-hybridized carbons (Fsp3) is 0.222. The Morgan fingerprint density at radius 2 is 2.00 bits per heavy atom. The molecule has 0 fully saturated rings. The van der Waals surface area contributed by atoms with Crippen LogP contribution in [0, 0.1) is 11.6 Å². The Morgan fingerprint density at radius 1 is 1.47 bits per heavy atom. The minimum absolute atomic E-state index is 0.118. The van der Waals surface area contributed by atoms with Crippen LogP contribution >= 0.6 is 27.7 Å². The van der Waals surface area contributed by atoms with Crippen molar-refractivity contribution in [2.75, 3.05) is 17.3 Å². The van der Waals surface area contributed by atoms with E-state index >= 15 is 0 Å². The molecule has 0 aliphatic rings. The van der Waals surface area contributed by atoms with Crippen LogP contribution in [0.2, 0.25) is 0 Å². The molecule has 1 amide bonds. The van der Waals surface area contributed by atoms with Gasteiger partial charge in [0.05, 0.1) is 10.2 Å². The van der Waals surface area contributed by atoms with Crippen molar-refractivity contribution in [3.05, 3.63) is 28.2 Å². The summed E-state index contributed by atoms with van der Waals surface area (Å²) >= 11 is 4.08. The van der Waals surface area contributed by atoms with Gasteiger partial charge in [-0.3, -0.25) is 4.79 Å². The van der Waals surface area contributed by atoms with Gasteiger partial charge in [-0.05, 0) is 34.3 Å². The quantitative estimate of drug-likeness (QED) is 0.869. The maximum absolute atomic E-state index is 13.0. The lowest BCUT2D eigenvalue weighted by Gasteiger charge is -2.05. The molecule has 0 heterocycles. The van der Waals surface area contributed by atoms with E-state index in [1.165, 1.54) is 11.8 Å². The number of carbonyl (C=O) groups is 1. The fourth-order valence-corrected chi connectivity index (χ4v) is 1.52. The lowest BCUT2D eigenvalue weighted by molar-refractivity contribution is -0.113. The molecular weight excluding hydrogens is 288 g/mol. The number of halogens is 3. The minimum Gasteiger partial charge on any atom is -0.325 e. The summed E-state index contributed by atoms with van der Waals surface area (Å²) in [6, 6.07) is 2.12. The van der Waals surface area contributed by atoms with Gasteiger partial charge in [-0.2, -0.15) is 11.8 Å². The van der Waals surface area contributed by atoms with Crippen molar-refractivity contribution >= 4 is 39.3 Å². The number of hydrogen-bond acceptors (Lipinski definition) is 2. The summed E-state index contributed by atoms with van der Waals surface area (Å²) in [5.74, 6) is -1.52. The first kappa shape index (κ1) is 12.4. The van der Waals surface area contributed by atoms with Gasteiger partial charge in [-0.15, -0.1) is 0 Å². The van der Waals surface area contributed by atoms with E-state index < -0.39 is 11.6 Å². The second-order valence-electron chi connectivity index (χ2n) is 2.74. The summed E-state index contributed by atoms with van der Waals surface area (Å²) in [6.45, 7) is 0. The molecule has 0 aliphatic carbocycles. The van der Waals surface area contributed by atoms with Crippen LogP contribution in [-0.2, 0) is 4.79 Å². The molecule has 1 rings (SSSR count). The molecule has 0 aromatic heterocycles. The van der Waals surface area contributed by atoms with Gasteiger partial charge in [-0.1, -0.05) is 0 Å². The zero-order valence-electron chi connectivity index (χ0n) is 7.81. The molecule has 0 radical (unpaired) electrons. The van der Waals surface area contributed by atoms with Gasteiger partial charge in [0.2, 0.25) is 5.91 Å². The maximum atomic E-state index is 13.0. The molecule has 0 saturated carbocycles. The van der Waals surface area contributed by atoms with E-state index in [2.05, 4.69) is 21.2 Å². The fourth-order valence-electron chi connectivity index (χ4n) is 0.956. The number of amides is 1. The second-order valence-corrected chi connectivity index (χ2v) is 4.39. The van der Waals surface area contributed by atoms with Crippen LogP contribution in [0.4, 0.5) is 14.5 Å². The SMILES string of the molecule is CSCC(=O)Nc1cc(F)c(Br)c(F)c1. The molecule has 0 unspecified atom stereocenters. The minimum atomic E-state index is -0.741. The highest BCUT2D eigenvalue weighted by Crippen LogP contribution is 2.23. The summed E-state index contributed by atoms with van der Waals surface area (Å²) in [7, 11) is 0. The van der Waals surface area contributed by atoms with Crippen LogP contribution < -0.4 is 5.32 Å². The summed E-state index contributed by atoms with van der Waals surface area (Å²) in [5.41, 5.74) is 0.118. The summed E-state index contributed by atoms with van der Waals surface area (Å²) in [4.78, 5) is 11.1. The largest absolute Gasteiger partial charge is 0.325 e. The van der Waals surface area contributed by atoms with Gasteiger partial charge >= 0.3 is 0 Å². The average molecular weight is 296 g/mol. The molecular formula is C9H8BrF2NOS. The molecule has 6 heteroatoms. The van der Waals surface area contributed by atoms with Crippen molar-refractivity contribution in [1.29, 1.82) is 0 Å². The first-order chi connectivity index (χ1) is 7.04. The summed E-state index contributed by atoms with van der Waals surface area (Å²) in [6.07, 6.45) is 1.77. The standard InChI is InChI=1S/C9H8BrF2NOS/c1-15-4-8(14)13-5-2-6(11)9(10)7(12)3-5/h2-3H,4H2,1H3,(H,13,14). The third kappa shape index (κ3) is 3.46. The smallest absolute Gasteiger partial charge is 0.234 e. The Balaban J connectivity index is 2.83. The number of anilines is 1. The van der Waals surface area contributed by atoms with Crippen LogP contribution in [0.25, 0.3) is 0 Å². The van der Waals surface area contributed by atoms with E-state index in [0.29, 0.717) is 0 Å². The molecule has 1 N–H and O–H groups in total. The van der Waals surface area contributed by atoms with Crippen molar-refractivity contribution in [3.8, 4) is 0 Å². The third-order valence-corrected chi connectivity index (χ3v) is 2.85. The number of thioether (sulfide) groups is 1. The Kier molecular flexibility index (Phi) is 4.53. The van der Waals surface area contributed by atoms with Crippen molar-refractivity contribution in [1.82, 2.24) is 0 Å². The Bertz CT molecular complexity index is 363. The normalized spacial score (nSPS) is 10.1. The molecule has 0 saturated heterocycles. The van der Waals surface area contributed by atoms with Crippen LogP contribution in [-0.4, -0.2) is 17.9 Å². The Hall–Kier alpha value is -0.620. The van der Waals surface area contributed by atoms with E-state index in [4.69, 9.17) is 0 Å². The van der Waals surface area contributed by atoms with Crippen LogP contribution in [0.5, 0.6) is 0 Å². The highest BCUT2D eigenvalue weighted by atomic mass is 79.9. The van der Waals surface area contributed by atoms with E-state index in [1.807, 2.05) is 0 Å². The van der Waals surface area contributed by atoms with Crippen molar-refractivity contribution in [3.63, 3.8) is 0 Å². The monoisotopic (exact) mass is 295 g/mol. The van der Waals surface area contributed by atoms with Gasteiger partial charge in [0.15, 0.2) is 0 Å². The molecule has 0 aliphatic heterocycles. The first-order valence-electron chi connectivity index (χ1n) is 3.98. The number of nitrogens with one attached hydrogen (secondary N) is 1. The zero-order chi connectivity index (χ0) is 11.4. The van der Waals surface area contributed by atoms with Crippen molar-refractivity contribution < 1.29 is 13.6 Å². The molecule has 1 aromatic rings. The maximum Gasteiger partial charge on any atom is 0.234 e. The highest BCUT2D eigenvalue weighted by molar-refractivity contribution is 9.10.